The summed E-state index contributed by atoms with van der Waals surface area (Å²) in [7, 11) is 1.96. The number of benzene rings is 1. The molecule has 4 rings (SSSR count). The Labute approximate surface area is 175 Å². The van der Waals surface area contributed by atoms with Crippen LogP contribution in [0.25, 0.3) is 0 Å². The minimum atomic E-state index is -0.236. The number of amides is 1. The summed E-state index contributed by atoms with van der Waals surface area (Å²) >= 11 is 1.69. The number of nitrogens with zero attached hydrogens (tertiary/aromatic N) is 4. The molecule has 6 nitrogen and oxygen atoms in total. The summed E-state index contributed by atoms with van der Waals surface area (Å²) in [5.74, 6) is 1.00. The fraction of sp³-hybridized carbons (Fsp3) is 0.409. The second kappa shape index (κ2) is 8.88. The number of imidazole rings is 1. The molecule has 7 heteroatoms. The van der Waals surface area contributed by atoms with E-state index in [0.29, 0.717) is 0 Å². The van der Waals surface area contributed by atoms with Crippen molar-refractivity contribution in [2.75, 3.05) is 13.1 Å². The summed E-state index contributed by atoms with van der Waals surface area (Å²) in [5, 5.41) is 6.50. The normalized spacial score (nSPS) is 16.6. The van der Waals surface area contributed by atoms with Gasteiger partial charge in [0.05, 0.1) is 10.7 Å². The van der Waals surface area contributed by atoms with E-state index >= 15 is 0 Å². The van der Waals surface area contributed by atoms with Crippen molar-refractivity contribution in [2.24, 2.45) is 13.0 Å². The number of aryl methyl sites for hydroxylation is 2. The van der Waals surface area contributed by atoms with E-state index in [-0.39, 0.29) is 17.9 Å². The maximum absolute atomic E-state index is 13.1. The lowest BCUT2D eigenvalue weighted by Crippen LogP contribution is -2.42. The Kier molecular flexibility index (Phi) is 6.06. The van der Waals surface area contributed by atoms with Crippen LogP contribution in [-0.2, 0) is 18.4 Å². The van der Waals surface area contributed by atoms with Gasteiger partial charge in [-0.3, -0.25) is 9.69 Å². The topological polar surface area (TPSA) is 63.1 Å². The molecule has 1 aromatic carbocycles. The van der Waals surface area contributed by atoms with Crippen molar-refractivity contribution in [1.29, 1.82) is 0 Å². The molecule has 152 valence electrons. The molecule has 0 saturated carbocycles. The van der Waals surface area contributed by atoms with E-state index in [1.165, 1.54) is 0 Å². The number of likely N-dealkylation sites (tertiary alicyclic amines) is 1. The molecule has 1 aliphatic rings. The van der Waals surface area contributed by atoms with Crippen molar-refractivity contribution < 1.29 is 4.79 Å². The summed E-state index contributed by atoms with van der Waals surface area (Å²) in [4.78, 5) is 24.5. The van der Waals surface area contributed by atoms with Crippen molar-refractivity contribution in [3.05, 3.63) is 70.2 Å². The van der Waals surface area contributed by atoms with Gasteiger partial charge in [0.15, 0.2) is 0 Å². The lowest BCUT2D eigenvalue weighted by atomic mass is 9.94. The van der Waals surface area contributed by atoms with Crippen LogP contribution in [0.15, 0.2) is 48.1 Å². The van der Waals surface area contributed by atoms with Crippen molar-refractivity contribution >= 4 is 17.2 Å². The summed E-state index contributed by atoms with van der Waals surface area (Å²) in [6.45, 7) is 4.76. The summed E-state index contributed by atoms with van der Waals surface area (Å²) in [6, 6.07) is 9.82. The van der Waals surface area contributed by atoms with Gasteiger partial charge < -0.3 is 9.88 Å². The zero-order valence-electron chi connectivity index (χ0n) is 16.9. The molecule has 29 heavy (non-hydrogen) atoms. The molecule has 0 aliphatic carbocycles. The molecule has 3 aromatic rings. The van der Waals surface area contributed by atoms with Gasteiger partial charge in [-0.05, 0) is 38.4 Å². The molecular formula is C22H27N5OS. The molecule has 3 heterocycles. The Morgan fingerprint density at radius 2 is 2.03 bits per heavy atom. The molecule has 1 amide bonds. The predicted octanol–water partition coefficient (Wildman–Crippen LogP) is 3.30. The molecule has 1 unspecified atom stereocenters. The Morgan fingerprint density at radius 3 is 2.66 bits per heavy atom. The third-order valence-corrected chi connectivity index (χ3v) is 6.37. The van der Waals surface area contributed by atoms with E-state index in [1.54, 1.807) is 17.5 Å². The molecule has 1 aliphatic heterocycles. The Bertz CT molecular complexity index is 943. The lowest BCUT2D eigenvalue weighted by Gasteiger charge is -2.31. The predicted molar refractivity (Wildman–Crippen MR) is 114 cm³/mol. The zero-order valence-corrected chi connectivity index (χ0v) is 17.7. The van der Waals surface area contributed by atoms with Crippen LogP contribution in [0.4, 0.5) is 0 Å². The van der Waals surface area contributed by atoms with E-state index in [0.717, 1.165) is 54.6 Å². The monoisotopic (exact) mass is 409 g/mol. The average Bonchev–Trinajstić information content (AvgIpc) is 3.35. The van der Waals surface area contributed by atoms with Gasteiger partial charge >= 0.3 is 0 Å². The quantitative estimate of drug-likeness (QED) is 0.679. The highest BCUT2D eigenvalue weighted by atomic mass is 32.1. The van der Waals surface area contributed by atoms with Gasteiger partial charge in [0.2, 0.25) is 5.91 Å². The van der Waals surface area contributed by atoms with Gasteiger partial charge in [-0.1, -0.05) is 30.3 Å². The van der Waals surface area contributed by atoms with Gasteiger partial charge in [-0.25, -0.2) is 9.97 Å². The van der Waals surface area contributed by atoms with Crippen LogP contribution in [0.3, 0.4) is 0 Å². The molecule has 1 fully saturated rings. The summed E-state index contributed by atoms with van der Waals surface area (Å²) < 4.78 is 1.97. The number of thiazole rings is 1. The zero-order chi connectivity index (χ0) is 20.2. The number of rotatable bonds is 6. The lowest BCUT2D eigenvalue weighted by molar-refractivity contribution is -0.127. The van der Waals surface area contributed by atoms with E-state index in [4.69, 9.17) is 0 Å². The molecule has 1 N–H and O–H groups in total. The first-order chi connectivity index (χ1) is 14.1. The SMILES string of the molecule is Cc1nc(CN2CCC(C(=O)NC(c3ccccc3)c3nccn3C)CC2)cs1. The van der Waals surface area contributed by atoms with Crippen LogP contribution >= 0.6 is 11.3 Å². The molecular weight excluding hydrogens is 382 g/mol. The number of nitrogens with one attached hydrogen (secondary N) is 1. The number of hydrogen-bond acceptors (Lipinski definition) is 5. The van der Waals surface area contributed by atoms with Gasteiger partial charge in [0, 0.05) is 37.3 Å². The summed E-state index contributed by atoms with van der Waals surface area (Å²) in [5.41, 5.74) is 2.18. The van der Waals surface area contributed by atoms with Crippen LogP contribution in [-0.4, -0.2) is 38.4 Å². The Hall–Kier alpha value is -2.51. The number of hydrogen-bond donors (Lipinski definition) is 1. The fourth-order valence-electron chi connectivity index (χ4n) is 3.92. The number of aromatic nitrogens is 3. The largest absolute Gasteiger partial charge is 0.342 e. The minimum absolute atomic E-state index is 0.0369. The van der Waals surface area contributed by atoms with E-state index < -0.39 is 0 Å². The van der Waals surface area contributed by atoms with Crippen molar-refractivity contribution in [3.63, 3.8) is 0 Å². The number of piperidine rings is 1. The maximum atomic E-state index is 13.1. The van der Waals surface area contributed by atoms with E-state index in [1.807, 2.05) is 55.1 Å². The van der Waals surface area contributed by atoms with Crippen LogP contribution in [0.2, 0.25) is 0 Å². The Morgan fingerprint density at radius 1 is 1.28 bits per heavy atom. The van der Waals surface area contributed by atoms with Gasteiger partial charge in [0.1, 0.15) is 11.9 Å². The molecule has 2 aromatic heterocycles. The number of carbonyl (C=O) groups is 1. The highest BCUT2D eigenvalue weighted by Gasteiger charge is 2.28. The molecule has 1 atom stereocenters. The average molecular weight is 410 g/mol. The van der Waals surface area contributed by atoms with Crippen LogP contribution in [0, 0.1) is 12.8 Å². The maximum Gasteiger partial charge on any atom is 0.224 e. The third-order valence-electron chi connectivity index (χ3n) is 5.55. The standard InChI is InChI=1S/C22H27N5OS/c1-16-24-19(15-29-16)14-27-11-8-18(9-12-27)22(28)25-20(17-6-4-3-5-7-17)21-23-10-13-26(21)2/h3-7,10,13,15,18,20H,8-9,11-12,14H2,1-2H3,(H,25,28). The van der Waals surface area contributed by atoms with Crippen LogP contribution in [0.5, 0.6) is 0 Å². The fourth-order valence-corrected chi connectivity index (χ4v) is 4.52. The smallest absolute Gasteiger partial charge is 0.224 e. The summed E-state index contributed by atoms with van der Waals surface area (Å²) in [6.07, 6.45) is 5.43. The second-order valence-corrected chi connectivity index (χ2v) is 8.72. The minimum Gasteiger partial charge on any atom is -0.342 e. The van der Waals surface area contributed by atoms with Crippen molar-refractivity contribution in [3.8, 4) is 0 Å². The van der Waals surface area contributed by atoms with Crippen molar-refractivity contribution in [1.82, 2.24) is 24.8 Å². The third kappa shape index (κ3) is 4.74. The highest BCUT2D eigenvalue weighted by Crippen LogP contribution is 2.24. The van der Waals surface area contributed by atoms with E-state index in [9.17, 15) is 4.79 Å². The first-order valence-electron chi connectivity index (χ1n) is 10.1. The highest BCUT2D eigenvalue weighted by molar-refractivity contribution is 7.09. The van der Waals surface area contributed by atoms with Crippen molar-refractivity contribution in [2.45, 2.75) is 32.4 Å². The number of carbonyl (C=O) groups excluding carboxylic acids is 1. The van der Waals surface area contributed by atoms with Crippen LogP contribution in [0.1, 0.15) is 41.0 Å². The van der Waals surface area contributed by atoms with Crippen LogP contribution < -0.4 is 5.32 Å². The molecule has 0 radical (unpaired) electrons. The molecule has 0 spiro atoms. The van der Waals surface area contributed by atoms with E-state index in [2.05, 4.69) is 25.6 Å². The Balaban J connectivity index is 1.39. The van der Waals surface area contributed by atoms with Gasteiger partial charge in [-0.15, -0.1) is 11.3 Å². The first-order valence-corrected chi connectivity index (χ1v) is 10.9. The molecule has 0 bridgehead atoms. The van der Waals surface area contributed by atoms with Gasteiger partial charge in [-0.2, -0.15) is 0 Å². The molecule has 1 saturated heterocycles. The second-order valence-electron chi connectivity index (χ2n) is 7.66. The van der Waals surface area contributed by atoms with Gasteiger partial charge in [0.25, 0.3) is 0 Å². The first kappa shape index (κ1) is 19.8.